The molecule has 2 rings (SSSR count). The molecule has 1 saturated heterocycles. The highest BCUT2D eigenvalue weighted by Crippen LogP contribution is 2.20. The predicted molar refractivity (Wildman–Crippen MR) is 75.9 cm³/mol. The standard InChI is InChI=1S/C13H22N6O2/c1-2-10-3-4-12(20)18(6-5-10)7-8-19-9-11(16-17-19)13(21)15-14/h9-10H,2-8,14H2,1H3,(H,15,21). The average molecular weight is 294 g/mol. The van der Waals surface area contributed by atoms with E-state index in [9.17, 15) is 9.59 Å². The van der Waals surface area contributed by atoms with Gasteiger partial charge in [-0.1, -0.05) is 18.6 Å². The molecule has 0 aliphatic carbocycles. The molecule has 0 bridgehead atoms. The first kappa shape index (κ1) is 15.4. The smallest absolute Gasteiger partial charge is 0.287 e. The third kappa shape index (κ3) is 4.01. The van der Waals surface area contributed by atoms with E-state index in [1.165, 1.54) is 6.20 Å². The summed E-state index contributed by atoms with van der Waals surface area (Å²) in [5, 5.41) is 7.59. The van der Waals surface area contributed by atoms with Crippen molar-refractivity contribution in [1.29, 1.82) is 0 Å². The van der Waals surface area contributed by atoms with Crippen LogP contribution in [0.2, 0.25) is 0 Å². The molecular weight excluding hydrogens is 272 g/mol. The van der Waals surface area contributed by atoms with Crippen molar-refractivity contribution in [2.45, 2.75) is 39.2 Å². The van der Waals surface area contributed by atoms with Crippen molar-refractivity contribution in [3.05, 3.63) is 11.9 Å². The van der Waals surface area contributed by atoms with E-state index in [2.05, 4.69) is 17.2 Å². The summed E-state index contributed by atoms with van der Waals surface area (Å²) in [6, 6.07) is 0. The van der Waals surface area contributed by atoms with E-state index < -0.39 is 5.91 Å². The van der Waals surface area contributed by atoms with Crippen LogP contribution in [-0.2, 0) is 11.3 Å². The molecule has 1 unspecified atom stereocenters. The second kappa shape index (κ2) is 7.16. The van der Waals surface area contributed by atoms with Gasteiger partial charge in [-0.05, 0) is 18.8 Å². The Labute approximate surface area is 123 Å². The van der Waals surface area contributed by atoms with E-state index in [0.29, 0.717) is 25.4 Å². The number of carbonyl (C=O) groups is 2. The molecule has 0 radical (unpaired) electrons. The normalized spacial score (nSPS) is 19.4. The summed E-state index contributed by atoms with van der Waals surface area (Å²) in [4.78, 5) is 25.2. The number of hydrogen-bond acceptors (Lipinski definition) is 5. The topological polar surface area (TPSA) is 106 Å². The lowest BCUT2D eigenvalue weighted by Gasteiger charge is -2.20. The highest BCUT2D eigenvalue weighted by atomic mass is 16.2. The van der Waals surface area contributed by atoms with Gasteiger partial charge < -0.3 is 4.90 Å². The first-order chi connectivity index (χ1) is 10.1. The van der Waals surface area contributed by atoms with E-state index in [0.717, 1.165) is 25.8 Å². The van der Waals surface area contributed by atoms with Crippen LogP contribution in [0.15, 0.2) is 6.20 Å². The minimum atomic E-state index is -0.474. The van der Waals surface area contributed by atoms with Gasteiger partial charge in [-0.3, -0.25) is 15.0 Å². The Morgan fingerprint density at radius 3 is 3.00 bits per heavy atom. The van der Waals surface area contributed by atoms with Crippen molar-refractivity contribution in [2.75, 3.05) is 13.1 Å². The summed E-state index contributed by atoms with van der Waals surface area (Å²) < 4.78 is 1.56. The zero-order valence-corrected chi connectivity index (χ0v) is 12.3. The van der Waals surface area contributed by atoms with E-state index in [4.69, 9.17) is 5.84 Å². The minimum Gasteiger partial charge on any atom is -0.341 e. The molecule has 1 aromatic heterocycles. The summed E-state index contributed by atoms with van der Waals surface area (Å²) in [5.74, 6) is 5.41. The second-order valence-corrected chi connectivity index (χ2v) is 5.32. The van der Waals surface area contributed by atoms with Gasteiger partial charge in [0.05, 0.1) is 12.7 Å². The third-order valence-corrected chi connectivity index (χ3v) is 4.01. The molecule has 2 heterocycles. The number of rotatable bonds is 5. The largest absolute Gasteiger partial charge is 0.341 e. The van der Waals surface area contributed by atoms with Crippen LogP contribution in [-0.4, -0.2) is 44.8 Å². The number of hydrogen-bond donors (Lipinski definition) is 2. The van der Waals surface area contributed by atoms with Gasteiger partial charge >= 0.3 is 0 Å². The fraction of sp³-hybridized carbons (Fsp3) is 0.692. The van der Waals surface area contributed by atoms with Crippen LogP contribution >= 0.6 is 0 Å². The van der Waals surface area contributed by atoms with E-state index in [1.807, 2.05) is 10.3 Å². The maximum Gasteiger partial charge on any atom is 0.287 e. The minimum absolute atomic E-state index is 0.172. The van der Waals surface area contributed by atoms with Crippen molar-refractivity contribution in [2.24, 2.45) is 11.8 Å². The van der Waals surface area contributed by atoms with Crippen molar-refractivity contribution >= 4 is 11.8 Å². The van der Waals surface area contributed by atoms with Crippen LogP contribution in [0.3, 0.4) is 0 Å². The van der Waals surface area contributed by atoms with Gasteiger partial charge in [0.2, 0.25) is 5.91 Å². The first-order valence-electron chi connectivity index (χ1n) is 7.33. The van der Waals surface area contributed by atoms with Crippen molar-refractivity contribution in [3.63, 3.8) is 0 Å². The molecule has 116 valence electrons. The number of aromatic nitrogens is 3. The highest BCUT2D eigenvalue weighted by molar-refractivity contribution is 5.91. The van der Waals surface area contributed by atoms with Crippen LogP contribution in [0.25, 0.3) is 0 Å². The van der Waals surface area contributed by atoms with Gasteiger partial charge in [0.15, 0.2) is 5.69 Å². The highest BCUT2D eigenvalue weighted by Gasteiger charge is 2.21. The Hall–Kier alpha value is -1.96. The van der Waals surface area contributed by atoms with Gasteiger partial charge in [-0.15, -0.1) is 5.10 Å². The van der Waals surface area contributed by atoms with Gasteiger partial charge in [0.1, 0.15) is 0 Å². The van der Waals surface area contributed by atoms with Gasteiger partial charge in [0, 0.05) is 19.5 Å². The molecule has 1 aliphatic heterocycles. The van der Waals surface area contributed by atoms with Crippen LogP contribution in [0.4, 0.5) is 0 Å². The number of likely N-dealkylation sites (tertiary alicyclic amines) is 1. The van der Waals surface area contributed by atoms with Crippen LogP contribution in [0, 0.1) is 5.92 Å². The predicted octanol–water partition coefficient (Wildman–Crippen LogP) is -0.0797. The Balaban J connectivity index is 1.88. The zero-order valence-electron chi connectivity index (χ0n) is 12.3. The number of nitrogens with zero attached hydrogens (tertiary/aromatic N) is 4. The SMILES string of the molecule is CCC1CCC(=O)N(CCn2cc(C(=O)NN)nn2)CC1. The molecule has 0 aromatic carbocycles. The van der Waals surface area contributed by atoms with Gasteiger partial charge in [-0.2, -0.15) is 0 Å². The van der Waals surface area contributed by atoms with Crippen molar-refractivity contribution < 1.29 is 9.59 Å². The Kier molecular flexibility index (Phi) is 5.26. The number of nitrogens with two attached hydrogens (primary N) is 1. The molecule has 2 amide bonds. The fourth-order valence-corrected chi connectivity index (χ4v) is 2.55. The molecule has 21 heavy (non-hydrogen) atoms. The average Bonchev–Trinajstić information content (AvgIpc) is 2.90. The lowest BCUT2D eigenvalue weighted by Crippen LogP contribution is -2.33. The zero-order chi connectivity index (χ0) is 15.2. The maximum absolute atomic E-state index is 12.1. The molecule has 3 N–H and O–H groups in total. The monoisotopic (exact) mass is 294 g/mol. The molecule has 1 atom stereocenters. The summed E-state index contributed by atoms with van der Waals surface area (Å²) in [5.41, 5.74) is 2.18. The van der Waals surface area contributed by atoms with Crippen LogP contribution in [0.1, 0.15) is 43.1 Å². The van der Waals surface area contributed by atoms with Gasteiger partial charge in [0.25, 0.3) is 5.91 Å². The lowest BCUT2D eigenvalue weighted by molar-refractivity contribution is -0.130. The number of nitrogen functional groups attached to an aromatic ring is 1. The van der Waals surface area contributed by atoms with Crippen molar-refractivity contribution in [3.8, 4) is 0 Å². The van der Waals surface area contributed by atoms with Gasteiger partial charge in [-0.25, -0.2) is 10.5 Å². The summed E-state index contributed by atoms with van der Waals surface area (Å²) in [7, 11) is 0. The second-order valence-electron chi connectivity index (χ2n) is 5.32. The molecular formula is C13H22N6O2. The summed E-state index contributed by atoms with van der Waals surface area (Å²) >= 11 is 0. The summed E-state index contributed by atoms with van der Waals surface area (Å²) in [6.07, 6.45) is 5.31. The lowest BCUT2D eigenvalue weighted by atomic mass is 9.98. The van der Waals surface area contributed by atoms with Crippen LogP contribution < -0.4 is 11.3 Å². The molecule has 1 aromatic rings. The third-order valence-electron chi connectivity index (χ3n) is 4.01. The number of nitrogens with one attached hydrogen (secondary N) is 1. The molecule has 0 saturated carbocycles. The quantitative estimate of drug-likeness (QED) is 0.449. The number of amides is 2. The van der Waals surface area contributed by atoms with E-state index in [1.54, 1.807) is 4.68 Å². The first-order valence-corrected chi connectivity index (χ1v) is 7.33. The maximum atomic E-state index is 12.1. The molecule has 8 nitrogen and oxygen atoms in total. The van der Waals surface area contributed by atoms with Crippen LogP contribution in [0.5, 0.6) is 0 Å². The van der Waals surface area contributed by atoms with Crippen molar-refractivity contribution in [1.82, 2.24) is 25.3 Å². The number of hydrazine groups is 1. The fourth-order valence-electron chi connectivity index (χ4n) is 2.55. The Bertz CT molecular complexity index is 501. The molecule has 0 spiro atoms. The Morgan fingerprint density at radius 2 is 2.29 bits per heavy atom. The van der Waals surface area contributed by atoms with E-state index in [-0.39, 0.29) is 11.6 Å². The van der Waals surface area contributed by atoms with E-state index >= 15 is 0 Å². The molecule has 8 heteroatoms. The number of carbonyl (C=O) groups excluding carboxylic acids is 2. The molecule has 1 aliphatic rings. The Morgan fingerprint density at radius 1 is 1.48 bits per heavy atom. The molecule has 1 fully saturated rings. The summed E-state index contributed by atoms with van der Waals surface area (Å²) in [6.45, 7) is 4.07.